The van der Waals surface area contributed by atoms with Crippen LogP contribution in [0.1, 0.15) is 52.6 Å². The van der Waals surface area contributed by atoms with Gasteiger partial charge in [-0.05, 0) is 31.0 Å². The van der Waals surface area contributed by atoms with Crippen molar-refractivity contribution in [2.24, 2.45) is 0 Å². The Morgan fingerprint density at radius 2 is 2.16 bits per heavy atom. The molecule has 2 aromatic rings. The molecule has 0 bridgehead atoms. The number of hydrogen-bond donors (Lipinski definition) is 1. The van der Waals surface area contributed by atoms with Gasteiger partial charge in [0.25, 0.3) is 11.8 Å². The fourth-order valence-electron chi connectivity index (χ4n) is 3.86. The summed E-state index contributed by atoms with van der Waals surface area (Å²) in [4.78, 5) is 52.2. The van der Waals surface area contributed by atoms with Gasteiger partial charge in [0.2, 0.25) is 11.8 Å². The first-order valence-corrected chi connectivity index (χ1v) is 10.2. The van der Waals surface area contributed by atoms with Crippen molar-refractivity contribution < 1.29 is 19.2 Å². The Hall–Kier alpha value is -4.00. The lowest BCUT2D eigenvalue weighted by molar-refractivity contribution is -0.136. The lowest BCUT2D eigenvalue weighted by Gasteiger charge is -2.29. The van der Waals surface area contributed by atoms with Crippen molar-refractivity contribution in [2.75, 3.05) is 7.05 Å². The summed E-state index contributed by atoms with van der Waals surface area (Å²) in [5, 5.41) is 10.3. The topological polar surface area (TPSA) is 118 Å². The SMILES string of the molecule is C#CCC(C)N(C)C(=O)c1cn(-c2ccc3c(c2)C(=O)N(C2CCC(=O)NC2=O)C3)nn1. The number of rotatable bonds is 5. The normalized spacial score (nSPS) is 18.7. The molecule has 1 aromatic heterocycles. The molecule has 0 saturated carbocycles. The van der Waals surface area contributed by atoms with Crippen LogP contribution in [0.5, 0.6) is 0 Å². The highest BCUT2D eigenvalue weighted by atomic mass is 16.2. The molecule has 0 spiro atoms. The van der Waals surface area contributed by atoms with E-state index >= 15 is 0 Å². The van der Waals surface area contributed by atoms with E-state index in [-0.39, 0.29) is 35.9 Å². The fourth-order valence-corrected chi connectivity index (χ4v) is 3.86. The van der Waals surface area contributed by atoms with Crippen molar-refractivity contribution in [3.05, 3.63) is 41.2 Å². The van der Waals surface area contributed by atoms with Crippen molar-refractivity contribution in [1.82, 2.24) is 30.1 Å². The van der Waals surface area contributed by atoms with Gasteiger partial charge < -0.3 is 9.80 Å². The first kappa shape index (κ1) is 21.2. The Labute approximate surface area is 184 Å². The highest BCUT2D eigenvalue weighted by Gasteiger charge is 2.39. The van der Waals surface area contributed by atoms with Gasteiger partial charge in [-0.2, -0.15) is 0 Å². The summed E-state index contributed by atoms with van der Waals surface area (Å²) in [5.41, 5.74) is 1.96. The van der Waals surface area contributed by atoms with E-state index < -0.39 is 11.9 Å². The maximum atomic E-state index is 13.0. The second kappa shape index (κ2) is 8.26. The third kappa shape index (κ3) is 3.73. The number of aromatic nitrogens is 3. The van der Waals surface area contributed by atoms with Crippen molar-refractivity contribution >= 4 is 23.6 Å². The molecule has 4 amide bonds. The van der Waals surface area contributed by atoms with Crippen LogP contribution in [0.25, 0.3) is 5.69 Å². The quantitative estimate of drug-likeness (QED) is 0.541. The van der Waals surface area contributed by atoms with Crippen LogP contribution in [-0.4, -0.2) is 67.6 Å². The number of carbonyl (C=O) groups is 4. The maximum absolute atomic E-state index is 13.0. The standard InChI is InChI=1S/C22H22N6O4/c1-4-5-13(2)26(3)22(32)17-12-28(25-24-17)15-7-6-14-11-27(21(31)16(14)10-15)18-8-9-19(29)23-20(18)30/h1,6-7,10,12-13,18H,5,8-9,11H2,2-3H3,(H,23,29,30). The van der Waals surface area contributed by atoms with E-state index in [1.165, 1.54) is 20.7 Å². The van der Waals surface area contributed by atoms with Crippen LogP contribution < -0.4 is 5.32 Å². The number of imide groups is 1. The van der Waals surface area contributed by atoms with Crippen LogP contribution in [0, 0.1) is 12.3 Å². The Morgan fingerprint density at radius 3 is 2.88 bits per heavy atom. The Bertz CT molecular complexity index is 1160. The Kier molecular flexibility index (Phi) is 5.48. The Balaban J connectivity index is 1.53. The average molecular weight is 434 g/mol. The van der Waals surface area contributed by atoms with E-state index in [0.29, 0.717) is 30.6 Å². The van der Waals surface area contributed by atoms with E-state index in [0.717, 1.165) is 5.56 Å². The van der Waals surface area contributed by atoms with Crippen molar-refractivity contribution in [2.45, 2.75) is 44.8 Å². The van der Waals surface area contributed by atoms with Crippen LogP contribution in [0.4, 0.5) is 0 Å². The zero-order chi connectivity index (χ0) is 23.0. The molecule has 2 aliphatic heterocycles. The minimum absolute atomic E-state index is 0.145. The van der Waals surface area contributed by atoms with Crippen LogP contribution in [0.15, 0.2) is 24.4 Å². The number of piperidine rings is 1. The van der Waals surface area contributed by atoms with Crippen LogP contribution >= 0.6 is 0 Å². The van der Waals surface area contributed by atoms with Crippen LogP contribution in [0.3, 0.4) is 0 Å². The molecule has 4 rings (SSSR count). The summed E-state index contributed by atoms with van der Waals surface area (Å²) in [5.74, 6) is 1.17. The molecule has 2 atom stereocenters. The van der Waals surface area contributed by atoms with E-state index in [2.05, 4.69) is 21.5 Å². The number of terminal acetylenes is 1. The molecular formula is C22H22N6O4. The maximum Gasteiger partial charge on any atom is 0.276 e. The summed E-state index contributed by atoms with van der Waals surface area (Å²) >= 11 is 0. The number of carbonyl (C=O) groups excluding carboxylic acids is 4. The largest absolute Gasteiger partial charge is 0.337 e. The summed E-state index contributed by atoms with van der Waals surface area (Å²) in [6.45, 7) is 2.14. The minimum atomic E-state index is -0.674. The molecule has 2 unspecified atom stereocenters. The number of nitrogens with one attached hydrogen (secondary N) is 1. The predicted molar refractivity (Wildman–Crippen MR) is 112 cm³/mol. The number of fused-ring (bicyclic) bond motifs is 1. The van der Waals surface area contributed by atoms with Gasteiger partial charge in [-0.3, -0.25) is 24.5 Å². The molecule has 10 nitrogen and oxygen atoms in total. The monoisotopic (exact) mass is 434 g/mol. The zero-order valence-corrected chi connectivity index (χ0v) is 17.7. The third-order valence-corrected chi connectivity index (χ3v) is 5.88. The highest BCUT2D eigenvalue weighted by Crippen LogP contribution is 2.29. The molecule has 32 heavy (non-hydrogen) atoms. The zero-order valence-electron chi connectivity index (χ0n) is 17.7. The van der Waals surface area contributed by atoms with E-state index in [1.54, 1.807) is 25.2 Å². The average Bonchev–Trinajstić information content (AvgIpc) is 3.38. The molecule has 164 valence electrons. The van der Waals surface area contributed by atoms with Gasteiger partial charge in [0, 0.05) is 38.0 Å². The lowest BCUT2D eigenvalue weighted by Crippen LogP contribution is -2.52. The number of amides is 4. The summed E-state index contributed by atoms with van der Waals surface area (Å²) in [7, 11) is 1.65. The molecule has 1 N–H and O–H groups in total. The second-order valence-corrected chi connectivity index (χ2v) is 7.96. The van der Waals surface area contributed by atoms with Crippen molar-refractivity contribution in [3.63, 3.8) is 0 Å². The molecule has 2 aliphatic rings. The van der Waals surface area contributed by atoms with Gasteiger partial charge in [-0.15, -0.1) is 17.4 Å². The molecule has 0 radical (unpaired) electrons. The van der Waals surface area contributed by atoms with E-state index in [1.807, 2.05) is 6.92 Å². The molecule has 1 fully saturated rings. The minimum Gasteiger partial charge on any atom is -0.337 e. The number of hydrogen-bond acceptors (Lipinski definition) is 6. The lowest BCUT2D eigenvalue weighted by atomic mass is 10.0. The van der Waals surface area contributed by atoms with Gasteiger partial charge in [0.05, 0.1) is 11.9 Å². The van der Waals surface area contributed by atoms with Crippen molar-refractivity contribution in [3.8, 4) is 18.0 Å². The molecule has 10 heteroatoms. The number of benzene rings is 1. The molecule has 0 aliphatic carbocycles. The summed E-state index contributed by atoms with van der Waals surface area (Å²) in [6.07, 6.45) is 7.75. The van der Waals surface area contributed by atoms with E-state index in [9.17, 15) is 19.2 Å². The predicted octanol–water partition coefficient (Wildman–Crippen LogP) is 0.512. The van der Waals surface area contributed by atoms with Crippen LogP contribution in [-0.2, 0) is 16.1 Å². The molecule has 1 aromatic carbocycles. The summed E-state index contributed by atoms with van der Waals surface area (Å²) in [6, 6.07) is 4.41. The summed E-state index contributed by atoms with van der Waals surface area (Å²) < 4.78 is 1.43. The molecule has 3 heterocycles. The first-order valence-electron chi connectivity index (χ1n) is 10.2. The first-order chi connectivity index (χ1) is 15.3. The van der Waals surface area contributed by atoms with Gasteiger partial charge >= 0.3 is 0 Å². The van der Waals surface area contributed by atoms with Crippen molar-refractivity contribution in [1.29, 1.82) is 0 Å². The smallest absolute Gasteiger partial charge is 0.276 e. The fraction of sp³-hybridized carbons (Fsp3) is 0.364. The molecular weight excluding hydrogens is 412 g/mol. The van der Waals surface area contributed by atoms with Gasteiger partial charge in [0.15, 0.2) is 5.69 Å². The van der Waals surface area contributed by atoms with Gasteiger partial charge in [-0.25, -0.2) is 4.68 Å². The van der Waals surface area contributed by atoms with Gasteiger partial charge in [0.1, 0.15) is 6.04 Å². The van der Waals surface area contributed by atoms with Gasteiger partial charge in [-0.1, -0.05) is 11.3 Å². The highest BCUT2D eigenvalue weighted by molar-refractivity contribution is 6.05. The number of nitrogens with zero attached hydrogens (tertiary/aromatic N) is 5. The second-order valence-electron chi connectivity index (χ2n) is 7.96. The van der Waals surface area contributed by atoms with Crippen LogP contribution in [0.2, 0.25) is 0 Å². The third-order valence-electron chi connectivity index (χ3n) is 5.88. The molecule has 1 saturated heterocycles. The Morgan fingerprint density at radius 1 is 1.38 bits per heavy atom. The van der Waals surface area contributed by atoms with E-state index in [4.69, 9.17) is 6.42 Å².